The minimum atomic E-state index is -1.44. The Balaban J connectivity index is 1.84. The summed E-state index contributed by atoms with van der Waals surface area (Å²) in [6, 6.07) is 21.6. The van der Waals surface area contributed by atoms with Crippen molar-refractivity contribution in [1.29, 1.82) is 0 Å². The molecule has 190 valence electrons. The molecule has 0 amide bonds. The third kappa shape index (κ3) is 3.03. The van der Waals surface area contributed by atoms with E-state index in [9.17, 15) is 0 Å². The van der Waals surface area contributed by atoms with Crippen molar-refractivity contribution in [2.24, 2.45) is 7.05 Å². The number of rotatable bonds is 1. The molecule has 7 aromatic rings. The molecule has 0 fully saturated rings. The minimum Gasteiger partial charge on any atom is -0.307 e. The molecule has 0 saturated heterocycles. The Labute approximate surface area is 225 Å². The lowest BCUT2D eigenvalue weighted by Gasteiger charge is -2.20. The van der Waals surface area contributed by atoms with Crippen molar-refractivity contribution in [3.8, 4) is 0 Å². The number of fused-ring (bicyclic) bond motifs is 7. The number of benzene rings is 4. The molecule has 2 nitrogen and oxygen atoms in total. The van der Waals surface area contributed by atoms with Gasteiger partial charge in [0.25, 0.3) is 0 Å². The first kappa shape index (κ1) is 23.7. The van der Waals surface area contributed by atoms with Crippen LogP contribution >= 0.6 is 0 Å². The van der Waals surface area contributed by atoms with Gasteiger partial charge in [0.15, 0.2) is 6.20 Å². The van der Waals surface area contributed by atoms with Crippen molar-refractivity contribution in [2.75, 3.05) is 0 Å². The van der Waals surface area contributed by atoms with Crippen LogP contribution in [0.3, 0.4) is 0 Å². The summed E-state index contributed by atoms with van der Waals surface area (Å²) in [6.45, 7) is 18.8. The second-order valence-corrected chi connectivity index (χ2v) is 18.6. The van der Waals surface area contributed by atoms with Crippen LogP contribution in [0.1, 0.15) is 37.5 Å². The Morgan fingerprint density at radius 2 is 1.47 bits per heavy atom. The standard InChI is InChI=1S/C35H37N2Si/c1-20-16-28-26-12-10-23(35(3,4)5)19-29(26)37-30-18-22-17-24(38(7,8)9)11-13-25(22)27-14-15-36(6)34(32(27)30)31(21(20)2)33(28)37/h10-19H,1-9H3/q+1. The third-order valence-corrected chi connectivity index (χ3v) is 11.0. The Kier molecular flexibility index (Phi) is 4.58. The molecule has 3 heterocycles. The van der Waals surface area contributed by atoms with Crippen molar-refractivity contribution >= 4 is 73.0 Å². The highest BCUT2D eigenvalue weighted by molar-refractivity contribution is 6.88. The van der Waals surface area contributed by atoms with Crippen LogP contribution in [0.4, 0.5) is 0 Å². The zero-order chi connectivity index (χ0) is 26.9. The molecule has 0 atom stereocenters. The predicted octanol–water partition coefficient (Wildman–Crippen LogP) is 8.43. The summed E-state index contributed by atoms with van der Waals surface area (Å²) in [4.78, 5) is 0. The van der Waals surface area contributed by atoms with Crippen LogP contribution < -0.4 is 9.75 Å². The number of hydrogen-bond donors (Lipinski definition) is 0. The molecule has 38 heavy (non-hydrogen) atoms. The second-order valence-electron chi connectivity index (χ2n) is 13.6. The molecule has 0 aliphatic carbocycles. The van der Waals surface area contributed by atoms with Crippen molar-refractivity contribution in [3.05, 3.63) is 77.5 Å². The first-order valence-corrected chi connectivity index (χ1v) is 17.4. The Morgan fingerprint density at radius 3 is 2.18 bits per heavy atom. The molecule has 0 saturated carbocycles. The number of aryl methyl sites for hydroxylation is 3. The molecule has 3 aromatic heterocycles. The molecule has 0 unspecified atom stereocenters. The van der Waals surface area contributed by atoms with E-state index in [0.717, 1.165) is 0 Å². The van der Waals surface area contributed by atoms with E-state index in [0.29, 0.717) is 0 Å². The summed E-state index contributed by atoms with van der Waals surface area (Å²) in [7, 11) is 0.767. The van der Waals surface area contributed by atoms with Gasteiger partial charge in [-0.2, -0.15) is 0 Å². The summed E-state index contributed by atoms with van der Waals surface area (Å²) in [5.41, 5.74) is 9.51. The van der Waals surface area contributed by atoms with E-state index in [-0.39, 0.29) is 5.41 Å². The number of pyridine rings is 2. The van der Waals surface area contributed by atoms with Gasteiger partial charge in [-0.05, 0) is 64.9 Å². The Morgan fingerprint density at radius 1 is 0.737 bits per heavy atom. The lowest BCUT2D eigenvalue weighted by molar-refractivity contribution is -0.643. The van der Waals surface area contributed by atoms with Gasteiger partial charge in [-0.25, -0.2) is 4.57 Å². The van der Waals surface area contributed by atoms with E-state index in [2.05, 4.69) is 131 Å². The van der Waals surface area contributed by atoms with Gasteiger partial charge in [-0.1, -0.05) is 75.9 Å². The molecule has 0 radical (unpaired) electrons. The molecule has 0 bridgehead atoms. The summed E-state index contributed by atoms with van der Waals surface area (Å²) < 4.78 is 4.94. The number of hydrogen-bond acceptors (Lipinski definition) is 0. The smallest absolute Gasteiger partial charge is 0.224 e. The highest BCUT2D eigenvalue weighted by Crippen LogP contribution is 2.44. The molecule has 7 rings (SSSR count). The molecule has 0 aliphatic rings. The fourth-order valence-electron chi connectivity index (χ4n) is 6.63. The largest absolute Gasteiger partial charge is 0.307 e. The average Bonchev–Trinajstić information content (AvgIpc) is 3.17. The fourth-order valence-corrected chi connectivity index (χ4v) is 7.81. The van der Waals surface area contributed by atoms with Gasteiger partial charge in [0, 0.05) is 22.2 Å². The molecule has 0 spiro atoms. The first-order valence-electron chi connectivity index (χ1n) is 13.9. The van der Waals surface area contributed by atoms with Crippen molar-refractivity contribution in [3.63, 3.8) is 0 Å². The molecule has 0 aliphatic heterocycles. The van der Waals surface area contributed by atoms with Crippen LogP contribution in [-0.2, 0) is 12.5 Å². The lowest BCUT2D eigenvalue weighted by atomic mass is 9.86. The SMILES string of the molecule is Cc1cc2c3ccc(C(C)(C)C)cc3n3c4cc5cc([Si](C)(C)C)ccc5c5cc[n+](C)c(c(c1C)c23)c54. The number of nitrogens with zero attached hydrogens (tertiary/aromatic N) is 2. The van der Waals surface area contributed by atoms with Gasteiger partial charge in [0.05, 0.1) is 35.4 Å². The highest BCUT2D eigenvalue weighted by Gasteiger charge is 2.27. The van der Waals surface area contributed by atoms with Crippen LogP contribution in [0, 0.1) is 13.8 Å². The average molecular weight is 514 g/mol. The normalized spacial score (nSPS) is 13.4. The minimum absolute atomic E-state index is 0.0869. The van der Waals surface area contributed by atoms with Crippen LogP contribution in [0.2, 0.25) is 19.6 Å². The third-order valence-electron chi connectivity index (χ3n) is 9.00. The summed E-state index contributed by atoms with van der Waals surface area (Å²) in [5.74, 6) is 0. The van der Waals surface area contributed by atoms with E-state index in [4.69, 9.17) is 0 Å². The van der Waals surface area contributed by atoms with Crippen LogP contribution in [-0.4, -0.2) is 12.5 Å². The predicted molar refractivity (Wildman–Crippen MR) is 168 cm³/mol. The van der Waals surface area contributed by atoms with Gasteiger partial charge < -0.3 is 4.40 Å². The summed E-state index contributed by atoms with van der Waals surface area (Å²) >= 11 is 0. The van der Waals surface area contributed by atoms with E-state index in [1.165, 1.54) is 81.6 Å². The van der Waals surface area contributed by atoms with Gasteiger partial charge in [0.1, 0.15) is 7.05 Å². The fraction of sp³-hybridized carbons (Fsp3) is 0.286. The highest BCUT2D eigenvalue weighted by atomic mass is 28.3. The molecular weight excluding hydrogens is 476 g/mol. The van der Waals surface area contributed by atoms with E-state index in [1.807, 2.05) is 0 Å². The Hall–Kier alpha value is -3.43. The van der Waals surface area contributed by atoms with Gasteiger partial charge >= 0.3 is 0 Å². The zero-order valence-corrected chi connectivity index (χ0v) is 25.2. The van der Waals surface area contributed by atoms with Crippen molar-refractivity contribution < 1.29 is 4.57 Å². The van der Waals surface area contributed by atoms with E-state index in [1.54, 1.807) is 0 Å². The van der Waals surface area contributed by atoms with Crippen molar-refractivity contribution in [2.45, 2.75) is 59.7 Å². The Bertz CT molecular complexity index is 2110. The first-order chi connectivity index (χ1) is 17.9. The quantitative estimate of drug-likeness (QED) is 0.0901. The summed E-state index contributed by atoms with van der Waals surface area (Å²) in [5, 5.41) is 11.0. The van der Waals surface area contributed by atoms with E-state index < -0.39 is 8.07 Å². The van der Waals surface area contributed by atoms with Gasteiger partial charge in [-0.3, -0.25) is 0 Å². The van der Waals surface area contributed by atoms with Crippen LogP contribution in [0.25, 0.3) is 59.8 Å². The maximum Gasteiger partial charge on any atom is 0.224 e. The van der Waals surface area contributed by atoms with Gasteiger partial charge in [0.2, 0.25) is 5.52 Å². The van der Waals surface area contributed by atoms with E-state index >= 15 is 0 Å². The second kappa shape index (κ2) is 7.36. The van der Waals surface area contributed by atoms with Crippen LogP contribution in [0.5, 0.6) is 0 Å². The van der Waals surface area contributed by atoms with Crippen LogP contribution in [0.15, 0.2) is 60.8 Å². The summed E-state index contributed by atoms with van der Waals surface area (Å²) in [6.07, 6.45) is 2.26. The molecule has 3 heteroatoms. The lowest BCUT2D eigenvalue weighted by Crippen LogP contribution is -2.37. The molecular formula is C35H37N2Si+. The maximum atomic E-state index is 2.59. The topological polar surface area (TPSA) is 8.29 Å². The molecule has 4 aromatic carbocycles. The number of aromatic nitrogens is 2. The van der Waals surface area contributed by atoms with Crippen molar-refractivity contribution in [1.82, 2.24) is 4.40 Å². The molecule has 0 N–H and O–H groups in total. The monoisotopic (exact) mass is 513 g/mol. The van der Waals surface area contributed by atoms with Gasteiger partial charge in [-0.15, -0.1) is 0 Å². The zero-order valence-electron chi connectivity index (χ0n) is 24.2. The maximum absolute atomic E-state index is 2.59.